The van der Waals surface area contributed by atoms with Crippen LogP contribution in [0.3, 0.4) is 0 Å². The van der Waals surface area contributed by atoms with E-state index < -0.39 is 0 Å². The summed E-state index contributed by atoms with van der Waals surface area (Å²) in [6.07, 6.45) is 3.27. The Morgan fingerprint density at radius 1 is 1.29 bits per heavy atom. The molecule has 0 spiro atoms. The molecule has 0 saturated carbocycles. The zero-order valence-electron chi connectivity index (χ0n) is 9.05. The van der Waals surface area contributed by atoms with Crippen molar-refractivity contribution in [3.05, 3.63) is 35.4 Å². The molecule has 1 aromatic rings. The highest BCUT2D eigenvalue weighted by molar-refractivity contribution is 5.78. The maximum atomic E-state index is 11.3. The zero-order chi connectivity index (χ0) is 10.4. The molecule has 76 valence electrons. The van der Waals surface area contributed by atoms with Gasteiger partial charge in [0.15, 0.2) is 0 Å². The maximum absolute atomic E-state index is 11.3. The Labute approximate surface area is 86.1 Å². The number of rotatable bonds is 5. The number of Topliss-reactive ketones (excluding diaryl/α,β-unsaturated/α-hetero) is 1. The van der Waals surface area contributed by atoms with Crippen LogP contribution < -0.4 is 0 Å². The molecule has 0 aromatic heterocycles. The van der Waals surface area contributed by atoms with Gasteiger partial charge in [-0.3, -0.25) is 4.79 Å². The van der Waals surface area contributed by atoms with Gasteiger partial charge in [0.1, 0.15) is 5.78 Å². The standard InChI is InChI=1S/C13H18O/c1-3-5-13(14)9-8-12-7-4-6-11(2)10-12/h4,6-7,10H,3,5,8-9H2,1-2H3. The van der Waals surface area contributed by atoms with Crippen molar-refractivity contribution in [3.63, 3.8) is 0 Å². The Hall–Kier alpha value is -1.11. The molecule has 0 saturated heterocycles. The molecule has 0 aliphatic carbocycles. The summed E-state index contributed by atoms with van der Waals surface area (Å²) in [6.45, 7) is 4.13. The summed E-state index contributed by atoms with van der Waals surface area (Å²) in [5.41, 5.74) is 2.54. The van der Waals surface area contributed by atoms with Gasteiger partial charge in [-0.25, -0.2) is 0 Å². The fraction of sp³-hybridized carbons (Fsp3) is 0.462. The van der Waals surface area contributed by atoms with Gasteiger partial charge in [-0.2, -0.15) is 0 Å². The Bertz CT molecular complexity index is 302. The van der Waals surface area contributed by atoms with Crippen molar-refractivity contribution >= 4 is 5.78 Å². The van der Waals surface area contributed by atoms with E-state index in [9.17, 15) is 4.79 Å². The highest BCUT2D eigenvalue weighted by atomic mass is 16.1. The Morgan fingerprint density at radius 3 is 2.71 bits per heavy atom. The van der Waals surface area contributed by atoms with Crippen molar-refractivity contribution < 1.29 is 4.79 Å². The van der Waals surface area contributed by atoms with E-state index in [-0.39, 0.29) is 0 Å². The average molecular weight is 190 g/mol. The molecule has 0 bridgehead atoms. The number of carbonyl (C=O) groups is 1. The molecule has 1 aromatic carbocycles. The number of hydrogen-bond donors (Lipinski definition) is 0. The van der Waals surface area contributed by atoms with Gasteiger partial charge in [0.25, 0.3) is 0 Å². The first-order valence-electron chi connectivity index (χ1n) is 5.29. The van der Waals surface area contributed by atoms with Crippen molar-refractivity contribution in [2.75, 3.05) is 0 Å². The van der Waals surface area contributed by atoms with Crippen LogP contribution in [0.5, 0.6) is 0 Å². The molecule has 0 N–H and O–H groups in total. The first kappa shape index (κ1) is 11.0. The van der Waals surface area contributed by atoms with E-state index in [1.54, 1.807) is 0 Å². The third kappa shape index (κ3) is 3.73. The fourth-order valence-electron chi connectivity index (χ4n) is 1.56. The molecule has 0 aliphatic heterocycles. The molecule has 1 heteroatoms. The van der Waals surface area contributed by atoms with Gasteiger partial charge in [0, 0.05) is 12.8 Å². The first-order chi connectivity index (χ1) is 6.72. The summed E-state index contributed by atoms with van der Waals surface area (Å²) in [7, 11) is 0. The molecular weight excluding hydrogens is 172 g/mol. The van der Waals surface area contributed by atoms with Crippen LogP contribution in [0.25, 0.3) is 0 Å². The lowest BCUT2D eigenvalue weighted by Crippen LogP contribution is -1.99. The van der Waals surface area contributed by atoms with Crippen LogP contribution in [-0.4, -0.2) is 5.78 Å². The Morgan fingerprint density at radius 2 is 2.07 bits per heavy atom. The van der Waals surface area contributed by atoms with E-state index in [0.717, 1.165) is 19.3 Å². The lowest BCUT2D eigenvalue weighted by molar-refractivity contribution is -0.119. The summed E-state index contributed by atoms with van der Waals surface area (Å²) in [6, 6.07) is 8.37. The predicted molar refractivity (Wildman–Crippen MR) is 59.4 cm³/mol. The van der Waals surface area contributed by atoms with Crippen LogP contribution in [0.4, 0.5) is 0 Å². The number of aryl methyl sites for hydroxylation is 2. The fourth-order valence-corrected chi connectivity index (χ4v) is 1.56. The third-order valence-corrected chi connectivity index (χ3v) is 2.30. The second kappa shape index (κ2) is 5.58. The molecule has 14 heavy (non-hydrogen) atoms. The molecule has 0 heterocycles. The smallest absolute Gasteiger partial charge is 0.133 e. The minimum absolute atomic E-state index is 0.383. The summed E-state index contributed by atoms with van der Waals surface area (Å²) in [5, 5.41) is 0. The molecule has 0 radical (unpaired) electrons. The molecule has 1 rings (SSSR count). The first-order valence-corrected chi connectivity index (χ1v) is 5.29. The van der Waals surface area contributed by atoms with Crippen LogP contribution in [0.15, 0.2) is 24.3 Å². The van der Waals surface area contributed by atoms with Crippen LogP contribution >= 0.6 is 0 Å². The topological polar surface area (TPSA) is 17.1 Å². The summed E-state index contributed by atoms with van der Waals surface area (Å²) >= 11 is 0. The van der Waals surface area contributed by atoms with Crippen molar-refractivity contribution in [2.24, 2.45) is 0 Å². The van der Waals surface area contributed by atoms with E-state index in [1.165, 1.54) is 11.1 Å². The lowest BCUT2D eigenvalue weighted by atomic mass is 10.0. The molecule has 0 atom stereocenters. The minimum Gasteiger partial charge on any atom is -0.300 e. The molecule has 0 fully saturated rings. The monoisotopic (exact) mass is 190 g/mol. The number of ketones is 1. The molecule has 1 nitrogen and oxygen atoms in total. The highest BCUT2D eigenvalue weighted by Gasteiger charge is 2.00. The number of carbonyl (C=O) groups excluding carboxylic acids is 1. The predicted octanol–water partition coefficient (Wildman–Crippen LogP) is 3.30. The maximum Gasteiger partial charge on any atom is 0.133 e. The summed E-state index contributed by atoms with van der Waals surface area (Å²) < 4.78 is 0. The second-order valence-corrected chi connectivity index (χ2v) is 3.78. The van der Waals surface area contributed by atoms with Gasteiger partial charge < -0.3 is 0 Å². The Balaban J connectivity index is 2.41. The summed E-state index contributed by atoms with van der Waals surface area (Å²) in [5.74, 6) is 0.383. The van der Waals surface area contributed by atoms with Gasteiger partial charge in [-0.1, -0.05) is 36.8 Å². The quantitative estimate of drug-likeness (QED) is 0.696. The van der Waals surface area contributed by atoms with Crippen molar-refractivity contribution in [2.45, 2.75) is 39.5 Å². The second-order valence-electron chi connectivity index (χ2n) is 3.78. The zero-order valence-corrected chi connectivity index (χ0v) is 9.05. The summed E-state index contributed by atoms with van der Waals surface area (Å²) in [4.78, 5) is 11.3. The van der Waals surface area contributed by atoms with Crippen LogP contribution in [-0.2, 0) is 11.2 Å². The van der Waals surface area contributed by atoms with Gasteiger partial charge in [-0.15, -0.1) is 0 Å². The lowest BCUT2D eigenvalue weighted by Gasteiger charge is -2.01. The van der Waals surface area contributed by atoms with Gasteiger partial charge in [-0.05, 0) is 25.3 Å². The average Bonchev–Trinajstić information content (AvgIpc) is 2.15. The van der Waals surface area contributed by atoms with Crippen molar-refractivity contribution in [3.8, 4) is 0 Å². The molecule has 0 amide bonds. The molecular formula is C13H18O. The van der Waals surface area contributed by atoms with E-state index >= 15 is 0 Å². The van der Waals surface area contributed by atoms with Crippen molar-refractivity contribution in [1.82, 2.24) is 0 Å². The van der Waals surface area contributed by atoms with Gasteiger partial charge in [0.2, 0.25) is 0 Å². The number of benzene rings is 1. The Kier molecular flexibility index (Phi) is 4.37. The van der Waals surface area contributed by atoms with E-state index in [1.807, 2.05) is 6.92 Å². The van der Waals surface area contributed by atoms with Crippen LogP contribution in [0, 0.1) is 6.92 Å². The van der Waals surface area contributed by atoms with E-state index in [2.05, 4.69) is 31.2 Å². The highest BCUT2D eigenvalue weighted by Crippen LogP contribution is 2.07. The van der Waals surface area contributed by atoms with E-state index in [4.69, 9.17) is 0 Å². The molecule has 0 unspecified atom stereocenters. The van der Waals surface area contributed by atoms with E-state index in [0.29, 0.717) is 12.2 Å². The van der Waals surface area contributed by atoms with Crippen LogP contribution in [0.1, 0.15) is 37.3 Å². The van der Waals surface area contributed by atoms with Crippen molar-refractivity contribution in [1.29, 1.82) is 0 Å². The van der Waals surface area contributed by atoms with Gasteiger partial charge in [0.05, 0.1) is 0 Å². The minimum atomic E-state index is 0.383. The third-order valence-electron chi connectivity index (χ3n) is 2.30. The van der Waals surface area contributed by atoms with Crippen LogP contribution in [0.2, 0.25) is 0 Å². The largest absolute Gasteiger partial charge is 0.300 e. The van der Waals surface area contributed by atoms with Gasteiger partial charge >= 0.3 is 0 Å². The molecule has 0 aliphatic rings. The normalized spacial score (nSPS) is 10.1. The SMILES string of the molecule is CCCC(=O)CCc1cccc(C)c1. The number of hydrogen-bond acceptors (Lipinski definition) is 1.